The second-order valence-corrected chi connectivity index (χ2v) is 8.53. The summed E-state index contributed by atoms with van der Waals surface area (Å²) in [7, 11) is 0. The van der Waals surface area contributed by atoms with Crippen molar-refractivity contribution in [1.29, 1.82) is 0 Å². The number of aromatic nitrogens is 2. The predicted molar refractivity (Wildman–Crippen MR) is 136 cm³/mol. The van der Waals surface area contributed by atoms with E-state index in [0.29, 0.717) is 5.69 Å². The van der Waals surface area contributed by atoms with Crippen LogP contribution in [0.15, 0.2) is 17.5 Å². The third kappa shape index (κ3) is 12.9. The van der Waals surface area contributed by atoms with Gasteiger partial charge >= 0.3 is 5.97 Å². The summed E-state index contributed by atoms with van der Waals surface area (Å²) < 4.78 is 0. The van der Waals surface area contributed by atoms with Gasteiger partial charge in [0.2, 0.25) is 29.5 Å². The number of carboxylic acids is 1. The van der Waals surface area contributed by atoms with Crippen molar-refractivity contribution in [2.45, 2.75) is 62.7 Å². The van der Waals surface area contributed by atoms with Gasteiger partial charge in [0, 0.05) is 31.3 Å². The molecule has 0 aromatic carbocycles. The van der Waals surface area contributed by atoms with Gasteiger partial charge in [-0.1, -0.05) is 0 Å². The van der Waals surface area contributed by atoms with Crippen LogP contribution in [0, 0.1) is 0 Å². The molecule has 0 spiro atoms. The molecular weight excluding hydrogens is 518 g/mol. The topological polar surface area (TPSA) is 330 Å². The molecule has 0 fully saturated rings. The SMILES string of the molecule is NC(=O)CCC(N)C(=O)NC(CCCN=C(N)N)C(=O)NC(CC(N)=O)C(=O)NC(Cc1cnc[nH]1)C(=O)O. The molecule has 5 amide bonds. The van der Waals surface area contributed by atoms with E-state index in [4.69, 9.17) is 28.7 Å². The number of nitrogens with one attached hydrogen (secondary N) is 4. The lowest BCUT2D eigenvalue weighted by atomic mass is 10.1. The molecule has 0 aliphatic rings. The van der Waals surface area contributed by atoms with Crippen LogP contribution in [0.25, 0.3) is 0 Å². The van der Waals surface area contributed by atoms with E-state index < -0.39 is 66.1 Å². The van der Waals surface area contributed by atoms with Crippen molar-refractivity contribution < 1.29 is 33.9 Å². The number of guanidine groups is 1. The van der Waals surface area contributed by atoms with Gasteiger partial charge in [-0.15, -0.1) is 0 Å². The van der Waals surface area contributed by atoms with Crippen molar-refractivity contribution in [1.82, 2.24) is 25.9 Å². The number of hydrogen-bond donors (Lipinski definition) is 10. The van der Waals surface area contributed by atoms with Gasteiger partial charge in [0.05, 0.1) is 18.8 Å². The summed E-state index contributed by atoms with van der Waals surface area (Å²) in [4.78, 5) is 83.0. The van der Waals surface area contributed by atoms with Crippen molar-refractivity contribution in [2.75, 3.05) is 6.54 Å². The van der Waals surface area contributed by atoms with Gasteiger partial charge in [-0.05, 0) is 19.3 Å². The van der Waals surface area contributed by atoms with Gasteiger partial charge in [-0.3, -0.25) is 29.0 Å². The molecule has 1 rings (SSSR count). The van der Waals surface area contributed by atoms with Gasteiger partial charge < -0.3 is 54.7 Å². The molecule has 39 heavy (non-hydrogen) atoms. The van der Waals surface area contributed by atoms with Crippen molar-refractivity contribution >= 4 is 41.5 Å². The normalized spacial score (nSPS) is 13.7. The third-order valence-corrected chi connectivity index (χ3v) is 5.25. The second-order valence-electron chi connectivity index (χ2n) is 8.53. The highest BCUT2D eigenvalue weighted by molar-refractivity contribution is 5.96. The van der Waals surface area contributed by atoms with E-state index >= 15 is 0 Å². The highest BCUT2D eigenvalue weighted by atomic mass is 16.4. The number of aromatic amines is 1. The lowest BCUT2D eigenvalue weighted by molar-refractivity contribution is -0.142. The number of amides is 5. The Labute approximate surface area is 222 Å². The summed E-state index contributed by atoms with van der Waals surface area (Å²) in [5.41, 5.74) is 27.0. The fourth-order valence-electron chi connectivity index (χ4n) is 3.25. The van der Waals surface area contributed by atoms with Crippen LogP contribution in [0.5, 0.6) is 0 Å². The van der Waals surface area contributed by atoms with Gasteiger partial charge in [0.25, 0.3) is 0 Å². The average Bonchev–Trinajstić information content (AvgIpc) is 3.35. The smallest absolute Gasteiger partial charge is 0.326 e. The molecule has 18 nitrogen and oxygen atoms in total. The fraction of sp³-hybridized carbons (Fsp3) is 0.524. The molecular formula is C21H35N11O7. The van der Waals surface area contributed by atoms with Crippen LogP contribution >= 0.6 is 0 Å². The Morgan fingerprint density at radius 1 is 0.897 bits per heavy atom. The Morgan fingerprint density at radius 3 is 2.05 bits per heavy atom. The number of primary amides is 2. The second kappa shape index (κ2) is 16.2. The summed E-state index contributed by atoms with van der Waals surface area (Å²) in [5, 5.41) is 16.5. The van der Waals surface area contributed by atoms with Gasteiger partial charge in [0.15, 0.2) is 5.96 Å². The molecule has 15 N–H and O–H groups in total. The summed E-state index contributed by atoms with van der Waals surface area (Å²) in [6.45, 7) is 0.106. The highest BCUT2D eigenvalue weighted by Gasteiger charge is 2.31. The van der Waals surface area contributed by atoms with Gasteiger partial charge in [0.1, 0.15) is 18.1 Å². The standard InChI is InChI=1S/C21H35N11O7/c22-11(3-4-15(23)33)17(35)30-12(2-1-5-28-21(25)26)18(36)31-13(7-16(24)34)19(37)32-14(20(38)39)6-10-8-27-9-29-10/h8-9,11-14H,1-7,22H2,(H2,23,33)(H2,24,34)(H,27,29)(H,30,35)(H,31,36)(H,32,37)(H,38,39)(H4,25,26,28). The number of aliphatic carboxylic acids is 1. The number of H-pyrrole nitrogens is 1. The first-order valence-corrected chi connectivity index (χ1v) is 11.8. The van der Waals surface area contributed by atoms with Gasteiger partial charge in [-0.25, -0.2) is 9.78 Å². The van der Waals surface area contributed by atoms with Gasteiger partial charge in [-0.2, -0.15) is 0 Å². The molecule has 1 aromatic heterocycles. The molecule has 216 valence electrons. The number of imidazole rings is 1. The summed E-state index contributed by atoms with van der Waals surface area (Å²) >= 11 is 0. The van der Waals surface area contributed by atoms with Crippen LogP contribution < -0.4 is 44.6 Å². The minimum absolute atomic E-state index is 0.0145. The summed E-state index contributed by atoms with van der Waals surface area (Å²) in [6, 6.07) is -5.44. The van der Waals surface area contributed by atoms with E-state index in [-0.39, 0.29) is 44.6 Å². The van der Waals surface area contributed by atoms with E-state index in [1.807, 2.05) is 0 Å². The largest absolute Gasteiger partial charge is 0.480 e. The molecule has 0 bridgehead atoms. The molecule has 0 saturated carbocycles. The van der Waals surface area contributed by atoms with Crippen molar-refractivity contribution in [3.05, 3.63) is 18.2 Å². The Balaban J connectivity index is 3.02. The number of aliphatic imine (C=N–C) groups is 1. The Kier molecular flexibility index (Phi) is 13.4. The zero-order valence-corrected chi connectivity index (χ0v) is 21.1. The first kappa shape index (κ1) is 32.3. The maximum atomic E-state index is 13.1. The first-order chi connectivity index (χ1) is 18.3. The van der Waals surface area contributed by atoms with Crippen LogP contribution in [0.1, 0.15) is 37.8 Å². The fourth-order valence-corrected chi connectivity index (χ4v) is 3.25. The minimum atomic E-state index is -1.57. The van der Waals surface area contributed by atoms with Crippen LogP contribution in [-0.2, 0) is 35.2 Å². The number of nitrogens with zero attached hydrogens (tertiary/aromatic N) is 2. The highest BCUT2D eigenvalue weighted by Crippen LogP contribution is 2.05. The lowest BCUT2D eigenvalue weighted by Crippen LogP contribution is -2.58. The molecule has 18 heteroatoms. The zero-order valence-electron chi connectivity index (χ0n) is 21.1. The third-order valence-electron chi connectivity index (χ3n) is 5.25. The molecule has 1 aromatic rings. The zero-order chi connectivity index (χ0) is 29.5. The molecule has 0 aliphatic carbocycles. The number of carbonyl (C=O) groups excluding carboxylic acids is 5. The van der Waals surface area contributed by atoms with Crippen molar-refractivity contribution in [3.63, 3.8) is 0 Å². The first-order valence-electron chi connectivity index (χ1n) is 11.8. The molecule has 4 atom stereocenters. The maximum Gasteiger partial charge on any atom is 0.326 e. The molecule has 0 radical (unpaired) electrons. The quantitative estimate of drug-likeness (QED) is 0.0466. The number of carboxylic acid groups (broad SMARTS) is 1. The van der Waals surface area contributed by atoms with Crippen LogP contribution in [0.2, 0.25) is 0 Å². The lowest BCUT2D eigenvalue weighted by Gasteiger charge is -2.24. The van der Waals surface area contributed by atoms with E-state index in [1.54, 1.807) is 0 Å². The van der Waals surface area contributed by atoms with E-state index in [2.05, 4.69) is 30.9 Å². The maximum absolute atomic E-state index is 13.1. The Morgan fingerprint density at radius 2 is 1.51 bits per heavy atom. The Hall–Kier alpha value is -4.74. The molecule has 1 heterocycles. The van der Waals surface area contributed by atoms with Crippen LogP contribution in [0.4, 0.5) is 0 Å². The number of carbonyl (C=O) groups is 6. The van der Waals surface area contributed by atoms with E-state index in [0.717, 1.165) is 0 Å². The summed E-state index contributed by atoms with van der Waals surface area (Å²) in [6.07, 6.45) is 1.82. The predicted octanol–water partition coefficient (Wildman–Crippen LogP) is -4.99. The van der Waals surface area contributed by atoms with Crippen LogP contribution in [0.3, 0.4) is 0 Å². The number of rotatable bonds is 18. The average molecular weight is 554 g/mol. The molecule has 0 saturated heterocycles. The number of hydrogen-bond acceptors (Lipinski definition) is 9. The van der Waals surface area contributed by atoms with Crippen LogP contribution in [-0.4, -0.2) is 87.3 Å². The van der Waals surface area contributed by atoms with E-state index in [1.165, 1.54) is 12.5 Å². The van der Waals surface area contributed by atoms with Crippen molar-refractivity contribution in [2.24, 2.45) is 33.7 Å². The Bertz CT molecular complexity index is 1040. The van der Waals surface area contributed by atoms with E-state index in [9.17, 15) is 33.9 Å². The monoisotopic (exact) mass is 553 g/mol. The minimum Gasteiger partial charge on any atom is -0.480 e. The molecule has 0 aliphatic heterocycles. The molecule has 4 unspecified atom stereocenters. The van der Waals surface area contributed by atoms with Crippen molar-refractivity contribution in [3.8, 4) is 0 Å². The number of nitrogens with two attached hydrogens (primary N) is 5. The summed E-state index contributed by atoms with van der Waals surface area (Å²) in [5.74, 6) is -5.86.